The van der Waals surface area contributed by atoms with Crippen LogP contribution in [0, 0.1) is 13.8 Å². The summed E-state index contributed by atoms with van der Waals surface area (Å²) in [4.78, 5) is 40.4. The van der Waals surface area contributed by atoms with Crippen LogP contribution < -0.4 is 0 Å². The number of methoxy groups -OCH3 is 1. The predicted octanol–water partition coefficient (Wildman–Crippen LogP) is 4.46. The number of carbonyl (C=O) groups excluding carboxylic acids is 3. The minimum Gasteiger partial charge on any atom is -0.464 e. The molecular weight excluding hydrogens is 392 g/mol. The second kappa shape index (κ2) is 9.08. The normalized spacial score (nSPS) is 12.4. The number of hydrogen-bond donors (Lipinski definition) is 0. The molecule has 0 saturated heterocycles. The topological polar surface area (TPSA) is 68.6 Å². The zero-order valence-electron chi connectivity index (χ0n) is 20.1. The van der Waals surface area contributed by atoms with Gasteiger partial charge in [0.1, 0.15) is 5.69 Å². The Morgan fingerprint density at radius 1 is 1.10 bits per heavy atom. The van der Waals surface area contributed by atoms with Crippen LogP contribution in [0.3, 0.4) is 0 Å². The first-order valence-corrected chi connectivity index (χ1v) is 10.6. The van der Waals surface area contributed by atoms with E-state index < -0.39 is 12.0 Å². The zero-order chi connectivity index (χ0) is 23.7. The SMILES string of the molecule is CCN(C(=O)c1ccc(C(C)(C)C)cc1)[C@@H](C)C(=O)c1c(C)c(C(=O)OC)n(C)c1C. The van der Waals surface area contributed by atoms with E-state index in [-0.39, 0.29) is 17.1 Å². The Labute approximate surface area is 185 Å². The molecule has 2 rings (SSSR count). The van der Waals surface area contributed by atoms with E-state index in [2.05, 4.69) is 20.8 Å². The molecule has 0 fully saturated rings. The number of carbonyl (C=O) groups is 3. The lowest BCUT2D eigenvalue weighted by atomic mass is 9.86. The molecule has 0 spiro atoms. The average Bonchev–Trinajstić information content (AvgIpc) is 2.95. The Kier molecular flexibility index (Phi) is 7.14. The van der Waals surface area contributed by atoms with E-state index in [1.807, 2.05) is 31.2 Å². The van der Waals surface area contributed by atoms with Gasteiger partial charge in [-0.1, -0.05) is 32.9 Å². The Morgan fingerprint density at radius 2 is 1.65 bits per heavy atom. The molecule has 1 aromatic carbocycles. The summed E-state index contributed by atoms with van der Waals surface area (Å²) in [5, 5.41) is 0. The second-order valence-electron chi connectivity index (χ2n) is 8.94. The van der Waals surface area contributed by atoms with Crippen LogP contribution in [0.2, 0.25) is 0 Å². The monoisotopic (exact) mass is 426 g/mol. The quantitative estimate of drug-likeness (QED) is 0.505. The summed E-state index contributed by atoms with van der Waals surface area (Å²) in [5.74, 6) is -0.873. The summed E-state index contributed by atoms with van der Waals surface area (Å²) in [7, 11) is 3.05. The Hall–Kier alpha value is -2.89. The van der Waals surface area contributed by atoms with Gasteiger partial charge in [-0.05, 0) is 56.4 Å². The maximum absolute atomic E-state index is 13.4. The number of nitrogens with zero attached hydrogens (tertiary/aromatic N) is 2. The van der Waals surface area contributed by atoms with Gasteiger partial charge < -0.3 is 14.2 Å². The van der Waals surface area contributed by atoms with E-state index in [4.69, 9.17) is 4.74 Å². The molecule has 2 aromatic rings. The van der Waals surface area contributed by atoms with E-state index in [0.29, 0.717) is 34.6 Å². The van der Waals surface area contributed by atoms with Crippen molar-refractivity contribution in [1.29, 1.82) is 0 Å². The fourth-order valence-corrected chi connectivity index (χ4v) is 3.95. The summed E-state index contributed by atoms with van der Waals surface area (Å²) >= 11 is 0. The van der Waals surface area contributed by atoms with Crippen LogP contribution in [0.5, 0.6) is 0 Å². The minimum atomic E-state index is -0.676. The van der Waals surface area contributed by atoms with Crippen molar-refractivity contribution >= 4 is 17.7 Å². The molecule has 6 nitrogen and oxygen atoms in total. The van der Waals surface area contributed by atoms with Crippen molar-refractivity contribution < 1.29 is 19.1 Å². The lowest BCUT2D eigenvalue weighted by Crippen LogP contribution is -2.43. The molecule has 1 atom stereocenters. The third-order valence-corrected chi connectivity index (χ3v) is 6.00. The third kappa shape index (κ3) is 4.58. The van der Waals surface area contributed by atoms with E-state index in [1.165, 1.54) is 7.11 Å². The zero-order valence-corrected chi connectivity index (χ0v) is 20.1. The lowest BCUT2D eigenvalue weighted by molar-refractivity contribution is 0.0588. The highest BCUT2D eigenvalue weighted by Gasteiger charge is 2.32. The smallest absolute Gasteiger partial charge is 0.354 e. The molecule has 1 amide bonds. The first-order valence-electron chi connectivity index (χ1n) is 10.6. The van der Waals surface area contributed by atoms with Crippen molar-refractivity contribution in [3.8, 4) is 0 Å². The number of esters is 1. The number of likely N-dealkylation sites (N-methyl/N-ethyl adjacent to an activating group) is 1. The van der Waals surface area contributed by atoms with Crippen LogP contribution in [-0.4, -0.2) is 46.8 Å². The summed E-state index contributed by atoms with van der Waals surface area (Å²) in [5.41, 5.74) is 3.74. The maximum atomic E-state index is 13.4. The molecule has 0 saturated carbocycles. The van der Waals surface area contributed by atoms with Crippen LogP contribution >= 0.6 is 0 Å². The molecular formula is C25H34N2O4. The van der Waals surface area contributed by atoms with Crippen LogP contribution in [0.15, 0.2) is 24.3 Å². The van der Waals surface area contributed by atoms with Crippen LogP contribution in [0.1, 0.15) is 82.6 Å². The van der Waals surface area contributed by atoms with Gasteiger partial charge >= 0.3 is 5.97 Å². The standard InChI is InChI=1S/C25H34N2O4/c1-10-27(23(29)18-11-13-19(14-12-18)25(5,6)7)17(4)22(28)20-15(2)21(24(30)31-9)26(8)16(20)3/h11-14,17H,10H2,1-9H3/t17-/m0/s1. The molecule has 0 radical (unpaired) electrons. The molecule has 0 aliphatic carbocycles. The average molecular weight is 427 g/mol. The van der Waals surface area contributed by atoms with Gasteiger partial charge in [-0.15, -0.1) is 0 Å². The van der Waals surface area contributed by atoms with Gasteiger partial charge in [-0.25, -0.2) is 4.79 Å². The van der Waals surface area contributed by atoms with Gasteiger partial charge in [0, 0.05) is 30.4 Å². The van der Waals surface area contributed by atoms with Gasteiger partial charge in [0.05, 0.1) is 13.2 Å². The number of hydrogen-bond acceptors (Lipinski definition) is 4. The van der Waals surface area contributed by atoms with Gasteiger partial charge in [0.15, 0.2) is 5.78 Å². The van der Waals surface area contributed by atoms with Crippen molar-refractivity contribution in [3.63, 3.8) is 0 Å². The minimum absolute atomic E-state index is 0.00497. The fraction of sp³-hybridized carbons (Fsp3) is 0.480. The van der Waals surface area contributed by atoms with Crippen molar-refractivity contribution in [2.24, 2.45) is 7.05 Å². The van der Waals surface area contributed by atoms with E-state index in [9.17, 15) is 14.4 Å². The van der Waals surface area contributed by atoms with Crippen LogP contribution in [0.25, 0.3) is 0 Å². The van der Waals surface area contributed by atoms with E-state index >= 15 is 0 Å². The van der Waals surface area contributed by atoms with Crippen LogP contribution in [-0.2, 0) is 17.2 Å². The largest absolute Gasteiger partial charge is 0.464 e. The molecule has 0 bridgehead atoms. The fourth-order valence-electron chi connectivity index (χ4n) is 3.95. The number of Topliss-reactive ketones (excluding diaryl/α,β-unsaturated/α-hetero) is 1. The first-order chi connectivity index (χ1) is 14.4. The summed E-state index contributed by atoms with van der Waals surface area (Å²) in [6.07, 6.45) is 0. The maximum Gasteiger partial charge on any atom is 0.354 e. The Balaban J connectivity index is 2.38. The number of rotatable bonds is 6. The molecule has 0 unspecified atom stereocenters. The lowest BCUT2D eigenvalue weighted by Gasteiger charge is -2.28. The molecule has 0 aliphatic heterocycles. The highest BCUT2D eigenvalue weighted by molar-refractivity contribution is 6.07. The second-order valence-corrected chi connectivity index (χ2v) is 8.94. The summed E-state index contributed by atoms with van der Waals surface area (Å²) in [6, 6.07) is 6.88. The number of amides is 1. The molecule has 0 N–H and O–H groups in total. The molecule has 1 aromatic heterocycles. The van der Waals surface area contributed by atoms with Crippen molar-refractivity contribution in [1.82, 2.24) is 9.47 Å². The Bertz CT molecular complexity index is 994. The van der Waals surface area contributed by atoms with Crippen molar-refractivity contribution in [2.45, 2.75) is 59.9 Å². The highest BCUT2D eigenvalue weighted by atomic mass is 16.5. The van der Waals surface area contributed by atoms with Gasteiger partial charge in [0.25, 0.3) is 5.91 Å². The summed E-state index contributed by atoms with van der Waals surface area (Å²) in [6.45, 7) is 13.9. The van der Waals surface area contributed by atoms with Gasteiger partial charge in [-0.3, -0.25) is 9.59 Å². The van der Waals surface area contributed by atoms with E-state index in [1.54, 1.807) is 37.3 Å². The number of benzene rings is 1. The van der Waals surface area contributed by atoms with Gasteiger partial charge in [0.2, 0.25) is 0 Å². The molecule has 1 heterocycles. The molecule has 6 heteroatoms. The molecule has 0 aliphatic rings. The van der Waals surface area contributed by atoms with Crippen molar-refractivity contribution in [2.75, 3.05) is 13.7 Å². The first kappa shape index (κ1) is 24.4. The van der Waals surface area contributed by atoms with Crippen LogP contribution in [0.4, 0.5) is 0 Å². The predicted molar refractivity (Wildman–Crippen MR) is 122 cm³/mol. The molecule has 168 valence electrons. The summed E-state index contributed by atoms with van der Waals surface area (Å²) < 4.78 is 6.54. The highest BCUT2D eigenvalue weighted by Crippen LogP contribution is 2.26. The van der Waals surface area contributed by atoms with Gasteiger partial charge in [-0.2, -0.15) is 0 Å². The number of ketones is 1. The molecule has 31 heavy (non-hydrogen) atoms. The van der Waals surface area contributed by atoms with E-state index in [0.717, 1.165) is 5.56 Å². The van der Waals surface area contributed by atoms with Crippen molar-refractivity contribution in [3.05, 3.63) is 57.9 Å². The third-order valence-electron chi connectivity index (χ3n) is 6.00. The number of ether oxygens (including phenoxy) is 1. The Morgan fingerprint density at radius 3 is 2.10 bits per heavy atom. The number of aromatic nitrogens is 1.